The molecule has 42 heavy (non-hydrogen) atoms. The molecular formula is C32H42O10. The molecule has 1 unspecified atom stereocenters. The number of ketones is 1. The number of hydrogen-bond donors (Lipinski definition) is 3. The average molecular weight is 587 g/mol. The summed E-state index contributed by atoms with van der Waals surface area (Å²) in [4.78, 5) is 51.9. The maximum absolute atomic E-state index is 13.3. The highest BCUT2D eigenvalue weighted by Crippen LogP contribution is 2.73. The van der Waals surface area contributed by atoms with E-state index in [1.54, 1.807) is 13.0 Å². The SMILES string of the molecule is CC(=O)O[C@@H]1C[C@H]2C(C)(C)C(=O)C=C[C@]2(C)[C@H]2[C@H](OC(=O)C(C)(C)O)[C@H](O)[C@]3(C)C(=CC[C@H]3C3=CC(O)OC3=O)[C@@]21C. The van der Waals surface area contributed by atoms with Crippen molar-refractivity contribution in [1.29, 1.82) is 0 Å². The van der Waals surface area contributed by atoms with E-state index in [2.05, 4.69) is 0 Å². The summed E-state index contributed by atoms with van der Waals surface area (Å²) >= 11 is 0. The first-order chi connectivity index (χ1) is 19.2. The molecule has 10 atom stereocenters. The van der Waals surface area contributed by atoms with Crippen molar-refractivity contribution in [3.8, 4) is 0 Å². The van der Waals surface area contributed by atoms with Crippen LogP contribution in [0.4, 0.5) is 0 Å². The molecule has 1 heterocycles. The summed E-state index contributed by atoms with van der Waals surface area (Å²) in [5.74, 6) is -3.94. The molecule has 1 aliphatic heterocycles. The Hall–Kier alpha value is -2.82. The number of carbonyl (C=O) groups is 4. The number of carbonyl (C=O) groups excluding carboxylic acids is 4. The summed E-state index contributed by atoms with van der Waals surface area (Å²) in [5.41, 5.74) is -4.86. The molecule has 0 spiro atoms. The van der Waals surface area contributed by atoms with Gasteiger partial charge in [-0.05, 0) is 50.2 Å². The Morgan fingerprint density at radius 2 is 1.69 bits per heavy atom. The van der Waals surface area contributed by atoms with Crippen LogP contribution in [0.25, 0.3) is 0 Å². The van der Waals surface area contributed by atoms with E-state index in [4.69, 9.17) is 14.2 Å². The van der Waals surface area contributed by atoms with Crippen LogP contribution in [0.3, 0.4) is 0 Å². The van der Waals surface area contributed by atoms with Crippen LogP contribution in [-0.2, 0) is 33.4 Å². The van der Waals surface area contributed by atoms with Gasteiger partial charge in [0.15, 0.2) is 11.4 Å². The number of aliphatic hydroxyl groups is 3. The molecule has 0 saturated heterocycles. The van der Waals surface area contributed by atoms with Crippen LogP contribution in [0.2, 0.25) is 0 Å². The van der Waals surface area contributed by atoms with Crippen LogP contribution in [0.5, 0.6) is 0 Å². The summed E-state index contributed by atoms with van der Waals surface area (Å²) in [6.45, 7) is 13.3. The lowest BCUT2D eigenvalue weighted by Gasteiger charge is -2.68. The van der Waals surface area contributed by atoms with Gasteiger partial charge in [-0.1, -0.05) is 52.3 Å². The fraction of sp³-hybridized carbons (Fsp3) is 0.688. The van der Waals surface area contributed by atoms with Crippen molar-refractivity contribution in [1.82, 2.24) is 0 Å². The van der Waals surface area contributed by atoms with Crippen molar-refractivity contribution in [3.63, 3.8) is 0 Å². The van der Waals surface area contributed by atoms with Gasteiger partial charge < -0.3 is 29.5 Å². The van der Waals surface area contributed by atoms with Crippen molar-refractivity contribution in [2.75, 3.05) is 0 Å². The second-order valence-electron chi connectivity index (χ2n) is 14.4. The third-order valence-corrected chi connectivity index (χ3v) is 11.2. The highest BCUT2D eigenvalue weighted by atomic mass is 16.6. The lowest BCUT2D eigenvalue weighted by Crippen LogP contribution is -2.72. The molecule has 2 fully saturated rings. The van der Waals surface area contributed by atoms with Crippen molar-refractivity contribution in [2.24, 2.45) is 39.4 Å². The number of cyclic esters (lactones) is 1. The van der Waals surface area contributed by atoms with E-state index in [0.29, 0.717) is 12.8 Å². The Morgan fingerprint density at radius 1 is 1.05 bits per heavy atom. The molecule has 0 amide bonds. The van der Waals surface area contributed by atoms with Crippen LogP contribution in [0, 0.1) is 39.4 Å². The number of ether oxygens (including phenoxy) is 3. The maximum Gasteiger partial charge on any atom is 0.337 e. The van der Waals surface area contributed by atoms with Gasteiger partial charge in [-0.2, -0.15) is 0 Å². The van der Waals surface area contributed by atoms with Crippen LogP contribution in [0.15, 0.2) is 35.5 Å². The number of rotatable bonds is 4. The monoisotopic (exact) mass is 586 g/mol. The van der Waals surface area contributed by atoms with Gasteiger partial charge in [0.1, 0.15) is 18.3 Å². The predicted molar refractivity (Wildman–Crippen MR) is 148 cm³/mol. The first-order valence-corrected chi connectivity index (χ1v) is 14.6. The van der Waals surface area contributed by atoms with Crippen LogP contribution >= 0.6 is 0 Å². The lowest BCUT2D eigenvalue weighted by molar-refractivity contribution is -0.246. The third-order valence-electron chi connectivity index (χ3n) is 11.2. The van der Waals surface area contributed by atoms with Gasteiger partial charge in [-0.25, -0.2) is 9.59 Å². The van der Waals surface area contributed by atoms with Gasteiger partial charge in [0.25, 0.3) is 0 Å². The van der Waals surface area contributed by atoms with Gasteiger partial charge >= 0.3 is 17.9 Å². The first-order valence-electron chi connectivity index (χ1n) is 14.6. The van der Waals surface area contributed by atoms with Crippen LogP contribution in [-0.4, -0.2) is 69.2 Å². The second-order valence-corrected chi connectivity index (χ2v) is 14.4. The number of esters is 3. The zero-order chi connectivity index (χ0) is 31.4. The average Bonchev–Trinajstić information content (AvgIpc) is 3.39. The molecule has 10 nitrogen and oxygen atoms in total. The molecule has 2 saturated carbocycles. The van der Waals surface area contributed by atoms with Gasteiger partial charge in [0.05, 0.1) is 0 Å². The molecule has 4 aliphatic carbocycles. The number of hydrogen-bond acceptors (Lipinski definition) is 10. The molecule has 230 valence electrons. The number of fused-ring (bicyclic) bond motifs is 5. The van der Waals surface area contributed by atoms with Gasteiger partial charge in [-0.3, -0.25) is 9.59 Å². The minimum atomic E-state index is -1.88. The Bertz CT molecular complexity index is 1330. The smallest absolute Gasteiger partial charge is 0.337 e. The standard InChI is InChI=1S/C32H42O10/c1-15(33)40-21-14-19-28(2,3)20(34)11-12-30(19,6)24-23(42-27(38)29(4,5)39)25(36)31(7)17(9-10-18(31)32(21,24)8)16-13-22(35)41-26(16)37/h10-13,17,19,21-25,35-36,39H,9,14H2,1-8H3/t17-,19-,21+,22?,23-,24+,25-,30-,31-,32+/m0/s1. The second kappa shape index (κ2) is 9.34. The molecular weight excluding hydrogens is 544 g/mol. The molecule has 3 N–H and O–H groups in total. The molecule has 0 aromatic carbocycles. The zero-order valence-electron chi connectivity index (χ0n) is 25.5. The lowest BCUT2D eigenvalue weighted by atomic mass is 9.37. The van der Waals surface area contributed by atoms with Crippen LogP contribution < -0.4 is 0 Å². The Balaban J connectivity index is 1.77. The summed E-state index contributed by atoms with van der Waals surface area (Å²) in [7, 11) is 0. The quantitative estimate of drug-likeness (QED) is 0.254. The van der Waals surface area contributed by atoms with Crippen LogP contribution in [0.1, 0.15) is 68.2 Å². The molecule has 5 rings (SSSR count). The van der Waals surface area contributed by atoms with Gasteiger partial charge in [0.2, 0.25) is 6.29 Å². The van der Waals surface area contributed by atoms with Crippen molar-refractivity contribution in [3.05, 3.63) is 35.5 Å². The predicted octanol–water partition coefficient (Wildman–Crippen LogP) is 2.54. The Kier molecular flexibility index (Phi) is 6.81. The highest BCUT2D eigenvalue weighted by Gasteiger charge is 2.74. The van der Waals surface area contributed by atoms with E-state index in [1.807, 2.05) is 39.8 Å². The zero-order valence-corrected chi connectivity index (χ0v) is 25.5. The fourth-order valence-electron chi connectivity index (χ4n) is 9.24. The summed E-state index contributed by atoms with van der Waals surface area (Å²) in [6, 6.07) is 0. The van der Waals surface area contributed by atoms with Crippen molar-refractivity contribution >= 4 is 23.7 Å². The molecule has 0 bridgehead atoms. The van der Waals surface area contributed by atoms with Gasteiger partial charge in [0, 0.05) is 40.6 Å². The Morgan fingerprint density at radius 3 is 2.24 bits per heavy atom. The fourth-order valence-corrected chi connectivity index (χ4v) is 9.24. The highest BCUT2D eigenvalue weighted by molar-refractivity contribution is 5.96. The summed E-state index contributed by atoms with van der Waals surface area (Å²) < 4.78 is 17.1. The number of allylic oxidation sites excluding steroid dienone is 3. The van der Waals surface area contributed by atoms with E-state index in [-0.39, 0.29) is 17.3 Å². The first kappa shape index (κ1) is 30.6. The molecule has 5 aliphatic rings. The third kappa shape index (κ3) is 4.01. The van der Waals surface area contributed by atoms with Gasteiger partial charge in [-0.15, -0.1) is 0 Å². The summed E-state index contributed by atoms with van der Waals surface area (Å²) in [6.07, 6.45) is 2.51. The normalized spacial score (nSPS) is 43.8. The largest absolute Gasteiger partial charge is 0.462 e. The van der Waals surface area contributed by atoms with E-state index >= 15 is 0 Å². The van der Waals surface area contributed by atoms with E-state index in [1.165, 1.54) is 26.8 Å². The van der Waals surface area contributed by atoms with Crippen molar-refractivity contribution in [2.45, 2.75) is 98.4 Å². The maximum atomic E-state index is 13.3. The molecule has 0 radical (unpaired) electrons. The number of aliphatic hydroxyl groups excluding tert-OH is 2. The van der Waals surface area contributed by atoms with Crippen molar-refractivity contribution < 1.29 is 48.7 Å². The molecule has 10 heteroatoms. The topological polar surface area (TPSA) is 157 Å². The van der Waals surface area contributed by atoms with E-state index in [9.17, 15) is 34.5 Å². The molecule has 0 aromatic heterocycles. The Labute approximate surface area is 245 Å². The minimum absolute atomic E-state index is 0.0771. The summed E-state index contributed by atoms with van der Waals surface area (Å²) in [5, 5.41) is 33.0. The van der Waals surface area contributed by atoms with E-state index in [0.717, 1.165) is 5.57 Å². The molecule has 0 aromatic rings. The van der Waals surface area contributed by atoms with E-state index < -0.39 is 81.6 Å². The minimum Gasteiger partial charge on any atom is -0.462 e.